The van der Waals surface area contributed by atoms with E-state index in [2.05, 4.69) is 27.4 Å². The van der Waals surface area contributed by atoms with Gasteiger partial charge in [-0.1, -0.05) is 5.16 Å². The van der Waals surface area contributed by atoms with Crippen molar-refractivity contribution in [1.82, 2.24) is 20.4 Å². The molecule has 1 saturated heterocycles. The van der Waals surface area contributed by atoms with E-state index in [0.29, 0.717) is 5.92 Å². The molecule has 0 bridgehead atoms. The first-order chi connectivity index (χ1) is 8.28. The van der Waals surface area contributed by atoms with Gasteiger partial charge >= 0.3 is 0 Å². The van der Waals surface area contributed by atoms with E-state index in [1.807, 2.05) is 7.05 Å². The number of piperidine rings is 1. The summed E-state index contributed by atoms with van der Waals surface area (Å²) in [6.07, 6.45) is 4.32. The third-order valence-corrected chi connectivity index (χ3v) is 3.29. The predicted octanol–water partition coefficient (Wildman–Crippen LogP) is 0.716. The topological polar surface area (TPSA) is 54.2 Å². The summed E-state index contributed by atoms with van der Waals surface area (Å²) in [5.74, 6) is 2.29. The van der Waals surface area contributed by atoms with Gasteiger partial charge in [0.05, 0.1) is 0 Å². The van der Waals surface area contributed by atoms with Crippen molar-refractivity contribution in [2.24, 2.45) is 5.92 Å². The van der Waals surface area contributed by atoms with Crippen LogP contribution in [0, 0.1) is 5.92 Å². The molecule has 0 aromatic carbocycles. The van der Waals surface area contributed by atoms with Crippen LogP contribution in [-0.2, 0) is 12.8 Å². The number of nitrogens with one attached hydrogen (secondary N) is 1. The van der Waals surface area contributed by atoms with E-state index in [4.69, 9.17) is 4.52 Å². The van der Waals surface area contributed by atoms with E-state index < -0.39 is 0 Å². The molecular weight excluding hydrogens is 216 g/mol. The second kappa shape index (κ2) is 6.12. The lowest BCUT2D eigenvalue weighted by Crippen LogP contribution is -2.33. The smallest absolute Gasteiger partial charge is 0.226 e. The summed E-state index contributed by atoms with van der Waals surface area (Å²) in [5, 5.41) is 7.08. The number of likely N-dealkylation sites (N-methyl/N-ethyl adjacent to an activating group) is 1. The van der Waals surface area contributed by atoms with Crippen molar-refractivity contribution in [2.45, 2.75) is 25.7 Å². The first kappa shape index (κ1) is 12.5. The van der Waals surface area contributed by atoms with Gasteiger partial charge in [0, 0.05) is 25.9 Å². The Morgan fingerprint density at radius 3 is 3.18 bits per heavy atom. The molecule has 1 aromatic heterocycles. The van der Waals surface area contributed by atoms with Gasteiger partial charge in [0.2, 0.25) is 5.89 Å². The van der Waals surface area contributed by atoms with E-state index in [9.17, 15) is 0 Å². The zero-order chi connectivity index (χ0) is 12.1. The summed E-state index contributed by atoms with van der Waals surface area (Å²) in [6, 6.07) is 0. The summed E-state index contributed by atoms with van der Waals surface area (Å²) >= 11 is 0. The zero-order valence-corrected chi connectivity index (χ0v) is 10.8. The van der Waals surface area contributed by atoms with E-state index in [1.165, 1.54) is 19.4 Å². The molecule has 1 fully saturated rings. The van der Waals surface area contributed by atoms with E-state index >= 15 is 0 Å². The molecule has 1 aromatic rings. The Labute approximate surface area is 103 Å². The van der Waals surface area contributed by atoms with E-state index in [-0.39, 0.29) is 0 Å². The molecule has 0 amide bonds. The molecule has 0 radical (unpaired) electrons. The predicted molar refractivity (Wildman–Crippen MR) is 65.9 cm³/mol. The Hall–Kier alpha value is -0.940. The van der Waals surface area contributed by atoms with Gasteiger partial charge in [-0.2, -0.15) is 4.98 Å². The van der Waals surface area contributed by atoms with Crippen LogP contribution in [0.3, 0.4) is 0 Å². The normalized spacial score (nSPS) is 21.9. The molecular formula is C12H22N4O. The largest absolute Gasteiger partial charge is 0.339 e. The zero-order valence-electron chi connectivity index (χ0n) is 10.8. The van der Waals surface area contributed by atoms with Crippen LogP contribution < -0.4 is 5.32 Å². The van der Waals surface area contributed by atoms with Crippen LogP contribution in [0.15, 0.2) is 4.52 Å². The van der Waals surface area contributed by atoms with Crippen LogP contribution in [0.25, 0.3) is 0 Å². The minimum absolute atomic E-state index is 0.673. The molecule has 1 aliphatic heterocycles. The van der Waals surface area contributed by atoms with Crippen LogP contribution in [0.4, 0.5) is 0 Å². The van der Waals surface area contributed by atoms with Crippen LogP contribution >= 0.6 is 0 Å². The fourth-order valence-corrected chi connectivity index (χ4v) is 2.40. The highest BCUT2D eigenvalue weighted by Crippen LogP contribution is 2.19. The third-order valence-electron chi connectivity index (χ3n) is 3.29. The van der Waals surface area contributed by atoms with Gasteiger partial charge in [0.1, 0.15) is 0 Å². The summed E-state index contributed by atoms with van der Waals surface area (Å²) in [7, 11) is 4.11. The summed E-state index contributed by atoms with van der Waals surface area (Å²) in [5.41, 5.74) is 0. The van der Waals surface area contributed by atoms with E-state index in [0.717, 1.165) is 37.6 Å². The average molecular weight is 238 g/mol. The lowest BCUT2D eigenvalue weighted by atomic mass is 9.95. The maximum atomic E-state index is 5.29. The lowest BCUT2D eigenvalue weighted by Gasteiger charge is -2.28. The second-order valence-electron chi connectivity index (χ2n) is 4.93. The molecule has 0 aliphatic carbocycles. The molecule has 96 valence electrons. The van der Waals surface area contributed by atoms with Gasteiger partial charge in [0.25, 0.3) is 0 Å². The Morgan fingerprint density at radius 1 is 1.53 bits per heavy atom. The minimum Gasteiger partial charge on any atom is -0.339 e. The van der Waals surface area contributed by atoms with Gasteiger partial charge in [0.15, 0.2) is 5.82 Å². The van der Waals surface area contributed by atoms with Crippen LogP contribution in [0.2, 0.25) is 0 Å². The van der Waals surface area contributed by atoms with Crippen LogP contribution in [0.1, 0.15) is 24.6 Å². The number of hydrogen-bond donors (Lipinski definition) is 1. The molecule has 2 heterocycles. The fourth-order valence-electron chi connectivity index (χ4n) is 2.40. The monoisotopic (exact) mass is 238 g/mol. The molecule has 5 heteroatoms. The summed E-state index contributed by atoms with van der Waals surface area (Å²) in [4.78, 5) is 6.81. The maximum Gasteiger partial charge on any atom is 0.226 e. The molecule has 1 N–H and O–H groups in total. The standard InChI is InChI=1S/C12H22N4O/c1-13-6-5-11-14-12(17-15-11)8-10-4-3-7-16(2)9-10/h10,13H,3-9H2,1-2H3. The van der Waals surface area contributed by atoms with Gasteiger partial charge in [-0.25, -0.2) is 0 Å². The van der Waals surface area contributed by atoms with Gasteiger partial charge in [-0.15, -0.1) is 0 Å². The Bertz CT molecular complexity index is 339. The van der Waals surface area contributed by atoms with E-state index in [1.54, 1.807) is 0 Å². The first-order valence-corrected chi connectivity index (χ1v) is 6.42. The highest BCUT2D eigenvalue weighted by molar-refractivity contribution is 4.89. The number of nitrogens with zero attached hydrogens (tertiary/aromatic N) is 3. The number of rotatable bonds is 5. The van der Waals surface area contributed by atoms with Crippen molar-refractivity contribution >= 4 is 0 Å². The first-order valence-electron chi connectivity index (χ1n) is 6.42. The Morgan fingerprint density at radius 2 is 2.41 bits per heavy atom. The molecule has 1 aliphatic rings. The van der Waals surface area contributed by atoms with Crippen LogP contribution in [0.5, 0.6) is 0 Å². The second-order valence-corrected chi connectivity index (χ2v) is 4.93. The molecule has 1 unspecified atom stereocenters. The van der Waals surface area contributed by atoms with Gasteiger partial charge in [-0.05, 0) is 39.4 Å². The maximum absolute atomic E-state index is 5.29. The molecule has 5 nitrogen and oxygen atoms in total. The lowest BCUT2D eigenvalue weighted by molar-refractivity contribution is 0.199. The number of aromatic nitrogens is 2. The highest BCUT2D eigenvalue weighted by Gasteiger charge is 2.20. The quantitative estimate of drug-likeness (QED) is 0.819. The molecule has 2 rings (SSSR count). The fraction of sp³-hybridized carbons (Fsp3) is 0.833. The highest BCUT2D eigenvalue weighted by atomic mass is 16.5. The minimum atomic E-state index is 0.673. The third kappa shape index (κ3) is 3.78. The Balaban J connectivity index is 1.83. The van der Waals surface area contributed by atoms with Crippen molar-refractivity contribution in [3.05, 3.63) is 11.7 Å². The van der Waals surface area contributed by atoms with Crippen molar-refractivity contribution in [2.75, 3.05) is 33.7 Å². The van der Waals surface area contributed by atoms with Crippen LogP contribution in [-0.4, -0.2) is 48.8 Å². The Kier molecular flexibility index (Phi) is 4.50. The molecule has 17 heavy (non-hydrogen) atoms. The molecule has 0 saturated carbocycles. The summed E-state index contributed by atoms with van der Waals surface area (Å²) < 4.78 is 5.29. The van der Waals surface area contributed by atoms with Crippen molar-refractivity contribution in [3.8, 4) is 0 Å². The number of likely N-dealkylation sites (tertiary alicyclic amines) is 1. The number of hydrogen-bond acceptors (Lipinski definition) is 5. The summed E-state index contributed by atoms with van der Waals surface area (Å²) in [6.45, 7) is 3.26. The SMILES string of the molecule is CNCCc1noc(CC2CCCN(C)C2)n1. The van der Waals surface area contributed by atoms with Gasteiger partial charge < -0.3 is 14.7 Å². The molecule has 1 atom stereocenters. The van der Waals surface area contributed by atoms with Gasteiger partial charge in [-0.3, -0.25) is 0 Å². The van der Waals surface area contributed by atoms with Crippen molar-refractivity contribution < 1.29 is 4.52 Å². The van der Waals surface area contributed by atoms with Crippen molar-refractivity contribution in [3.63, 3.8) is 0 Å². The molecule has 0 spiro atoms. The average Bonchev–Trinajstić information content (AvgIpc) is 2.74. The van der Waals surface area contributed by atoms with Crippen molar-refractivity contribution in [1.29, 1.82) is 0 Å².